The SMILES string of the molecule is CCCCC(C)C=C=O. The van der Waals surface area contributed by atoms with Gasteiger partial charge in [0.05, 0.1) is 0 Å². The summed E-state index contributed by atoms with van der Waals surface area (Å²) in [5, 5.41) is 0. The molecule has 0 aromatic heterocycles. The van der Waals surface area contributed by atoms with E-state index in [0.29, 0.717) is 5.92 Å². The molecule has 0 saturated carbocycles. The molecule has 0 aliphatic carbocycles. The molecule has 0 saturated heterocycles. The van der Waals surface area contributed by atoms with Crippen molar-refractivity contribution in [3.05, 3.63) is 6.08 Å². The largest absolute Gasteiger partial charge is 0.234 e. The van der Waals surface area contributed by atoms with Gasteiger partial charge >= 0.3 is 0 Å². The standard InChI is InChI=1S/C8H14O/c1-3-4-5-8(2)6-7-9/h6,8H,3-5H2,1-2H3. The Morgan fingerprint density at radius 2 is 2.33 bits per heavy atom. The molecule has 1 nitrogen and oxygen atoms in total. The van der Waals surface area contributed by atoms with Gasteiger partial charge in [-0.25, -0.2) is 4.79 Å². The molecule has 1 atom stereocenters. The van der Waals surface area contributed by atoms with Crippen LogP contribution in [0.15, 0.2) is 6.08 Å². The van der Waals surface area contributed by atoms with E-state index in [0.717, 1.165) is 6.42 Å². The molecular weight excluding hydrogens is 112 g/mol. The highest BCUT2D eigenvalue weighted by atomic mass is 16.1. The Morgan fingerprint density at radius 3 is 2.78 bits per heavy atom. The van der Waals surface area contributed by atoms with E-state index in [1.54, 1.807) is 12.0 Å². The number of allylic oxidation sites excluding steroid dienone is 1. The lowest BCUT2D eigenvalue weighted by Gasteiger charge is -1.99. The van der Waals surface area contributed by atoms with Gasteiger partial charge in [-0.05, 0) is 12.3 Å². The second kappa shape index (κ2) is 5.58. The smallest absolute Gasteiger partial charge is 0.120 e. The summed E-state index contributed by atoms with van der Waals surface area (Å²) >= 11 is 0. The number of carbonyl (C=O) groups excluding carboxylic acids is 1. The van der Waals surface area contributed by atoms with Crippen LogP contribution >= 0.6 is 0 Å². The minimum absolute atomic E-state index is 0.419. The summed E-state index contributed by atoms with van der Waals surface area (Å²) in [5.74, 6) is 2.22. The first-order valence-electron chi connectivity index (χ1n) is 3.52. The third-order valence-electron chi connectivity index (χ3n) is 1.37. The fourth-order valence-electron chi connectivity index (χ4n) is 0.726. The third-order valence-corrected chi connectivity index (χ3v) is 1.37. The molecule has 0 radical (unpaired) electrons. The summed E-state index contributed by atoms with van der Waals surface area (Å²) in [7, 11) is 0. The Labute approximate surface area is 56.8 Å². The highest BCUT2D eigenvalue weighted by molar-refractivity contribution is 5.45. The van der Waals surface area contributed by atoms with Crippen LogP contribution in [-0.4, -0.2) is 5.94 Å². The molecule has 9 heavy (non-hydrogen) atoms. The third kappa shape index (κ3) is 5.32. The van der Waals surface area contributed by atoms with Crippen molar-refractivity contribution in [2.24, 2.45) is 5.92 Å². The zero-order valence-electron chi connectivity index (χ0n) is 6.18. The van der Waals surface area contributed by atoms with Crippen molar-refractivity contribution < 1.29 is 4.79 Å². The van der Waals surface area contributed by atoms with Gasteiger partial charge in [-0.1, -0.05) is 26.7 Å². The Kier molecular flexibility index (Phi) is 5.24. The highest BCUT2D eigenvalue weighted by Gasteiger charge is 1.93. The summed E-state index contributed by atoms with van der Waals surface area (Å²) in [4.78, 5) is 9.80. The van der Waals surface area contributed by atoms with E-state index in [9.17, 15) is 4.79 Å². The molecule has 0 spiro atoms. The van der Waals surface area contributed by atoms with Crippen molar-refractivity contribution in [2.75, 3.05) is 0 Å². The molecule has 0 N–H and O–H groups in total. The van der Waals surface area contributed by atoms with E-state index in [4.69, 9.17) is 0 Å². The molecule has 0 rings (SSSR count). The van der Waals surface area contributed by atoms with Crippen molar-refractivity contribution in [3.8, 4) is 0 Å². The molecular formula is C8H14O. The van der Waals surface area contributed by atoms with Crippen molar-refractivity contribution >= 4 is 5.94 Å². The average Bonchev–Trinajstić information content (AvgIpc) is 1.85. The predicted octanol–water partition coefficient (Wildman–Crippen LogP) is 2.20. The summed E-state index contributed by atoms with van der Waals surface area (Å²) in [6.45, 7) is 4.19. The quantitative estimate of drug-likeness (QED) is 0.528. The van der Waals surface area contributed by atoms with Crippen LogP contribution < -0.4 is 0 Å². The summed E-state index contributed by atoms with van der Waals surface area (Å²) in [6, 6.07) is 0. The van der Waals surface area contributed by atoms with Crippen LogP contribution in [0.3, 0.4) is 0 Å². The van der Waals surface area contributed by atoms with Crippen LogP contribution in [0.5, 0.6) is 0 Å². The number of hydrogen-bond donors (Lipinski definition) is 0. The van der Waals surface area contributed by atoms with E-state index in [1.807, 2.05) is 6.92 Å². The summed E-state index contributed by atoms with van der Waals surface area (Å²) in [6.07, 6.45) is 5.12. The van der Waals surface area contributed by atoms with Crippen LogP contribution in [0.2, 0.25) is 0 Å². The Morgan fingerprint density at radius 1 is 1.67 bits per heavy atom. The molecule has 52 valence electrons. The van der Waals surface area contributed by atoms with Gasteiger partial charge in [0, 0.05) is 6.08 Å². The predicted molar refractivity (Wildman–Crippen MR) is 39.0 cm³/mol. The Hall–Kier alpha value is -0.550. The van der Waals surface area contributed by atoms with Gasteiger partial charge in [0.15, 0.2) is 0 Å². The first kappa shape index (κ1) is 8.45. The van der Waals surface area contributed by atoms with Gasteiger partial charge in [-0.3, -0.25) is 0 Å². The second-order valence-corrected chi connectivity index (χ2v) is 2.40. The molecule has 0 aromatic carbocycles. The van der Waals surface area contributed by atoms with Gasteiger partial charge in [0.2, 0.25) is 0 Å². The normalized spacial score (nSPS) is 12.2. The first-order chi connectivity index (χ1) is 4.31. The van der Waals surface area contributed by atoms with Crippen molar-refractivity contribution in [3.63, 3.8) is 0 Å². The van der Waals surface area contributed by atoms with Crippen molar-refractivity contribution in [1.82, 2.24) is 0 Å². The topological polar surface area (TPSA) is 17.1 Å². The summed E-state index contributed by atoms with van der Waals surface area (Å²) < 4.78 is 0. The molecule has 0 bridgehead atoms. The zero-order chi connectivity index (χ0) is 7.11. The molecule has 1 unspecified atom stereocenters. The highest BCUT2D eigenvalue weighted by Crippen LogP contribution is 2.06. The molecule has 0 fully saturated rings. The van der Waals surface area contributed by atoms with E-state index >= 15 is 0 Å². The lowest BCUT2D eigenvalue weighted by molar-refractivity contribution is 0.558. The van der Waals surface area contributed by atoms with Crippen molar-refractivity contribution in [1.29, 1.82) is 0 Å². The minimum atomic E-state index is 0.419. The molecule has 0 heterocycles. The molecule has 0 aliphatic heterocycles. The van der Waals surface area contributed by atoms with Gasteiger partial charge < -0.3 is 0 Å². The van der Waals surface area contributed by atoms with E-state index in [-0.39, 0.29) is 0 Å². The number of rotatable bonds is 4. The average molecular weight is 126 g/mol. The van der Waals surface area contributed by atoms with Crippen LogP contribution in [0.25, 0.3) is 0 Å². The second-order valence-electron chi connectivity index (χ2n) is 2.40. The fraction of sp³-hybridized carbons (Fsp3) is 0.750. The van der Waals surface area contributed by atoms with E-state index in [1.165, 1.54) is 12.8 Å². The maximum Gasteiger partial charge on any atom is 0.120 e. The number of unbranched alkanes of at least 4 members (excludes halogenated alkanes) is 1. The lowest BCUT2D eigenvalue weighted by atomic mass is 10.1. The summed E-state index contributed by atoms with van der Waals surface area (Å²) in [5.41, 5.74) is 0. The van der Waals surface area contributed by atoms with Crippen molar-refractivity contribution in [2.45, 2.75) is 33.1 Å². The lowest BCUT2D eigenvalue weighted by Crippen LogP contribution is -1.88. The minimum Gasteiger partial charge on any atom is -0.234 e. The molecule has 1 heteroatoms. The van der Waals surface area contributed by atoms with Crippen LogP contribution in [0.1, 0.15) is 33.1 Å². The first-order valence-corrected chi connectivity index (χ1v) is 3.52. The maximum atomic E-state index is 9.80. The maximum absolute atomic E-state index is 9.80. The van der Waals surface area contributed by atoms with Gasteiger partial charge in [-0.2, -0.15) is 0 Å². The zero-order valence-corrected chi connectivity index (χ0v) is 6.18. The number of hydrogen-bond acceptors (Lipinski definition) is 1. The molecule has 0 amide bonds. The van der Waals surface area contributed by atoms with Gasteiger partial charge in [0.25, 0.3) is 0 Å². The van der Waals surface area contributed by atoms with Crippen LogP contribution in [0.4, 0.5) is 0 Å². The van der Waals surface area contributed by atoms with Crippen LogP contribution in [0, 0.1) is 5.92 Å². The monoisotopic (exact) mass is 126 g/mol. The Balaban J connectivity index is 3.26. The molecule has 0 aromatic rings. The van der Waals surface area contributed by atoms with E-state index < -0.39 is 0 Å². The van der Waals surface area contributed by atoms with Crippen LogP contribution in [-0.2, 0) is 4.79 Å². The molecule has 0 aliphatic rings. The van der Waals surface area contributed by atoms with Gasteiger partial charge in [0.1, 0.15) is 5.94 Å². The fourth-order valence-corrected chi connectivity index (χ4v) is 0.726. The van der Waals surface area contributed by atoms with Gasteiger partial charge in [-0.15, -0.1) is 0 Å². The Bertz CT molecular complexity index is 101. The van der Waals surface area contributed by atoms with E-state index in [2.05, 4.69) is 6.92 Å².